The number of anilines is 2. The summed E-state index contributed by atoms with van der Waals surface area (Å²) in [6, 6.07) is 10.6. The lowest BCUT2D eigenvalue weighted by Gasteiger charge is -2.22. The molecule has 148 valence electrons. The van der Waals surface area contributed by atoms with Crippen LogP contribution in [0, 0.1) is 0 Å². The summed E-state index contributed by atoms with van der Waals surface area (Å²) < 4.78 is 13.5. The molecule has 9 heteroatoms. The van der Waals surface area contributed by atoms with Crippen molar-refractivity contribution in [1.29, 1.82) is 0 Å². The van der Waals surface area contributed by atoms with Gasteiger partial charge in [0.25, 0.3) is 0 Å². The molecule has 0 spiro atoms. The van der Waals surface area contributed by atoms with Crippen molar-refractivity contribution >= 4 is 28.7 Å². The van der Waals surface area contributed by atoms with Gasteiger partial charge < -0.3 is 10.6 Å². The molecule has 0 unspecified atom stereocenters. The van der Waals surface area contributed by atoms with Crippen molar-refractivity contribution < 1.29 is 9.18 Å². The van der Waals surface area contributed by atoms with E-state index >= 15 is 0 Å². The molecule has 4 rings (SSSR count). The minimum atomic E-state index is -0.370. The Bertz CT molecular complexity index is 1020. The van der Waals surface area contributed by atoms with Gasteiger partial charge in [0.15, 0.2) is 0 Å². The molecule has 0 radical (unpaired) electrons. The second-order valence-electron chi connectivity index (χ2n) is 6.52. The second-order valence-corrected chi connectivity index (χ2v) is 7.58. The molecular weight excluding hydrogens is 391 g/mol. The number of nitrogens with one attached hydrogen (secondary N) is 2. The molecule has 2 amide bonds. The Morgan fingerprint density at radius 3 is 2.86 bits per heavy atom. The minimum absolute atomic E-state index is 0.106. The van der Waals surface area contributed by atoms with Crippen molar-refractivity contribution in [1.82, 2.24) is 20.1 Å². The highest BCUT2D eigenvalue weighted by Crippen LogP contribution is 2.30. The Labute approximate surface area is 171 Å². The number of pyridine rings is 1. The number of benzene rings is 1. The molecule has 3 aromatic rings. The van der Waals surface area contributed by atoms with Gasteiger partial charge >= 0.3 is 6.03 Å². The quantitative estimate of drug-likeness (QED) is 0.655. The summed E-state index contributed by atoms with van der Waals surface area (Å²) in [4.78, 5) is 18.4. The molecule has 1 aromatic carbocycles. The van der Waals surface area contributed by atoms with Crippen LogP contribution < -0.4 is 10.6 Å². The molecule has 0 saturated carbocycles. The number of rotatable bonds is 5. The second kappa shape index (κ2) is 8.89. The number of halogens is 1. The van der Waals surface area contributed by atoms with E-state index in [0.29, 0.717) is 35.9 Å². The Hall–Kier alpha value is -3.17. The highest BCUT2D eigenvalue weighted by Gasteiger charge is 2.17. The van der Waals surface area contributed by atoms with Crippen LogP contribution in [0.25, 0.3) is 10.6 Å². The van der Waals surface area contributed by atoms with Gasteiger partial charge in [-0.1, -0.05) is 35.6 Å². The van der Waals surface area contributed by atoms with Crippen LogP contribution in [0.5, 0.6) is 0 Å². The van der Waals surface area contributed by atoms with E-state index in [0.717, 1.165) is 17.1 Å². The van der Waals surface area contributed by atoms with Gasteiger partial charge in [-0.2, -0.15) is 0 Å². The van der Waals surface area contributed by atoms with E-state index in [1.807, 2.05) is 23.1 Å². The molecule has 7 nitrogen and oxygen atoms in total. The summed E-state index contributed by atoms with van der Waals surface area (Å²) in [5, 5.41) is 15.5. The van der Waals surface area contributed by atoms with Crippen molar-refractivity contribution in [3.8, 4) is 10.6 Å². The molecule has 3 heterocycles. The van der Waals surface area contributed by atoms with Crippen LogP contribution in [-0.2, 0) is 6.54 Å². The van der Waals surface area contributed by atoms with Crippen molar-refractivity contribution in [3.63, 3.8) is 0 Å². The number of carbonyl (C=O) groups is 1. The Balaban J connectivity index is 1.46. The van der Waals surface area contributed by atoms with Crippen LogP contribution in [0.15, 0.2) is 60.7 Å². The average Bonchev–Trinajstić information content (AvgIpc) is 3.17. The number of aromatic nitrogens is 3. The van der Waals surface area contributed by atoms with Crippen molar-refractivity contribution in [2.75, 3.05) is 23.7 Å². The molecule has 2 N–H and O–H groups in total. The van der Waals surface area contributed by atoms with Gasteiger partial charge in [0, 0.05) is 24.0 Å². The third-order valence-corrected chi connectivity index (χ3v) is 5.28. The molecule has 29 heavy (non-hydrogen) atoms. The number of hydrogen-bond donors (Lipinski definition) is 2. The summed E-state index contributed by atoms with van der Waals surface area (Å²) >= 11 is 1.42. The molecule has 1 aliphatic heterocycles. The van der Waals surface area contributed by atoms with Gasteiger partial charge in [-0.05, 0) is 24.6 Å². The normalized spacial score (nSPS) is 14.3. The summed E-state index contributed by atoms with van der Waals surface area (Å²) in [6.45, 7) is 1.64. The number of nitrogens with zero attached hydrogens (tertiary/aromatic N) is 4. The van der Waals surface area contributed by atoms with E-state index in [1.54, 1.807) is 36.7 Å². The maximum Gasteiger partial charge on any atom is 0.323 e. The van der Waals surface area contributed by atoms with Crippen molar-refractivity contribution in [2.45, 2.75) is 13.0 Å². The van der Waals surface area contributed by atoms with Crippen LogP contribution in [0.3, 0.4) is 0 Å². The average molecular weight is 410 g/mol. The van der Waals surface area contributed by atoms with E-state index in [4.69, 9.17) is 0 Å². The van der Waals surface area contributed by atoms with Gasteiger partial charge in [-0.15, -0.1) is 10.2 Å². The number of amides is 2. The smallest absolute Gasteiger partial charge is 0.308 e. The lowest BCUT2D eigenvalue weighted by atomic mass is 10.2. The molecule has 0 aliphatic carbocycles. The van der Waals surface area contributed by atoms with Crippen LogP contribution in [0.1, 0.15) is 11.4 Å². The fourth-order valence-electron chi connectivity index (χ4n) is 3.00. The minimum Gasteiger partial charge on any atom is -0.308 e. The van der Waals surface area contributed by atoms with Crippen LogP contribution in [-0.4, -0.2) is 39.2 Å². The third kappa shape index (κ3) is 5.01. The Morgan fingerprint density at radius 2 is 2.03 bits per heavy atom. The number of para-hydroxylation sites is 1. The monoisotopic (exact) mass is 410 g/mol. The van der Waals surface area contributed by atoms with Gasteiger partial charge in [-0.3, -0.25) is 9.88 Å². The van der Waals surface area contributed by atoms with Crippen molar-refractivity contribution in [2.24, 2.45) is 0 Å². The Morgan fingerprint density at radius 1 is 1.17 bits per heavy atom. The molecule has 1 aliphatic rings. The Kier molecular flexibility index (Phi) is 5.87. The van der Waals surface area contributed by atoms with Gasteiger partial charge in [0.1, 0.15) is 15.8 Å². The first-order valence-electron chi connectivity index (χ1n) is 9.14. The summed E-state index contributed by atoms with van der Waals surface area (Å²) in [7, 11) is 0. The number of urea groups is 1. The third-order valence-electron chi connectivity index (χ3n) is 4.34. The first kappa shape index (κ1) is 19.2. The van der Waals surface area contributed by atoms with E-state index < -0.39 is 0 Å². The largest absolute Gasteiger partial charge is 0.323 e. The van der Waals surface area contributed by atoms with Crippen LogP contribution in [0.4, 0.5) is 20.6 Å². The number of carbonyl (C=O) groups excluding carboxylic acids is 1. The zero-order chi connectivity index (χ0) is 20.1. The fraction of sp³-hybridized carbons (Fsp3) is 0.200. The molecule has 0 saturated heterocycles. The van der Waals surface area contributed by atoms with Crippen molar-refractivity contribution in [3.05, 3.63) is 65.7 Å². The summed E-state index contributed by atoms with van der Waals surface area (Å²) in [5.74, 6) is -0.106. The molecular formula is C20H19FN6OS. The summed E-state index contributed by atoms with van der Waals surface area (Å²) in [6.07, 6.45) is 5.54. The molecule has 0 fully saturated rings. The van der Waals surface area contributed by atoms with E-state index in [2.05, 4.69) is 25.8 Å². The SMILES string of the molecule is O=C(Nc1ccccc1)Nc1cnccc1-c1nnc(CN2CCC=C(F)C2)s1. The maximum atomic E-state index is 13.5. The van der Waals surface area contributed by atoms with Gasteiger partial charge in [-0.25, -0.2) is 9.18 Å². The van der Waals surface area contributed by atoms with Gasteiger partial charge in [0.05, 0.1) is 25.0 Å². The zero-order valence-corrected chi connectivity index (χ0v) is 16.3. The maximum absolute atomic E-state index is 13.5. The predicted octanol–water partition coefficient (Wildman–Crippen LogP) is 4.30. The molecule has 0 bridgehead atoms. The lowest BCUT2D eigenvalue weighted by molar-refractivity contribution is 0.258. The highest BCUT2D eigenvalue weighted by molar-refractivity contribution is 7.14. The van der Waals surface area contributed by atoms with Crippen LogP contribution >= 0.6 is 11.3 Å². The lowest BCUT2D eigenvalue weighted by Crippen LogP contribution is -2.28. The fourth-order valence-corrected chi connectivity index (χ4v) is 3.92. The molecule has 2 aromatic heterocycles. The topological polar surface area (TPSA) is 83.0 Å². The first-order valence-corrected chi connectivity index (χ1v) is 9.96. The predicted molar refractivity (Wildman–Crippen MR) is 111 cm³/mol. The van der Waals surface area contributed by atoms with E-state index in [-0.39, 0.29) is 11.9 Å². The highest BCUT2D eigenvalue weighted by atomic mass is 32.1. The van der Waals surface area contributed by atoms with Crippen LogP contribution in [0.2, 0.25) is 0 Å². The molecule has 0 atom stereocenters. The zero-order valence-electron chi connectivity index (χ0n) is 15.5. The number of hydrogen-bond acceptors (Lipinski definition) is 6. The first-order chi connectivity index (χ1) is 14.2. The summed E-state index contributed by atoms with van der Waals surface area (Å²) in [5.41, 5.74) is 1.96. The van der Waals surface area contributed by atoms with E-state index in [1.165, 1.54) is 11.3 Å². The van der Waals surface area contributed by atoms with Gasteiger partial charge in [0.2, 0.25) is 0 Å². The van der Waals surface area contributed by atoms with E-state index in [9.17, 15) is 9.18 Å². The standard InChI is InChI=1S/C20H19FN6OS/c21-14-5-4-10-27(12-14)13-18-25-26-19(29-18)16-8-9-22-11-17(16)24-20(28)23-15-6-2-1-3-7-15/h1-3,5-9,11H,4,10,12-13H2,(H2,23,24,28).